The molecule has 0 aromatic carbocycles. The summed E-state index contributed by atoms with van der Waals surface area (Å²) in [6.45, 7) is 13.7. The van der Waals surface area contributed by atoms with Crippen LogP contribution in [0, 0.1) is 5.92 Å². The van der Waals surface area contributed by atoms with Crippen molar-refractivity contribution in [1.29, 1.82) is 0 Å². The van der Waals surface area contributed by atoms with Gasteiger partial charge in [-0.3, -0.25) is 0 Å². The maximum absolute atomic E-state index is 2.32. The molecule has 0 nitrogen and oxygen atoms in total. The van der Waals surface area contributed by atoms with Gasteiger partial charge in [-0.25, -0.2) is 0 Å². The van der Waals surface area contributed by atoms with Crippen LogP contribution in [0.4, 0.5) is 0 Å². The van der Waals surface area contributed by atoms with Gasteiger partial charge in [0, 0.05) is 10.00 Å². The number of rotatable bonds is 4. The average Bonchev–Trinajstić information content (AvgIpc) is 1.84. The van der Waals surface area contributed by atoms with Crippen LogP contribution in [0.5, 0.6) is 0 Å². The fraction of sp³-hybridized carbons (Fsp3) is 1.00. The Balaban J connectivity index is 3.73. The van der Waals surface area contributed by atoms with E-state index in [2.05, 4.69) is 41.5 Å². The van der Waals surface area contributed by atoms with Crippen LogP contribution < -0.4 is 0 Å². The largest absolute Gasteiger partial charge is 0.0907 e. The van der Waals surface area contributed by atoms with Gasteiger partial charge in [-0.2, -0.15) is 0 Å². The molecule has 0 aliphatic rings. The van der Waals surface area contributed by atoms with Crippen molar-refractivity contribution < 1.29 is 0 Å². The van der Waals surface area contributed by atoms with Crippen LogP contribution in [-0.2, 0) is 0 Å². The van der Waals surface area contributed by atoms with E-state index in [1.165, 1.54) is 0 Å². The number of hydrogen-bond donors (Lipinski definition) is 0. The highest BCUT2D eigenvalue weighted by molar-refractivity contribution is 8.77. The van der Waals surface area contributed by atoms with Crippen molar-refractivity contribution in [2.75, 3.05) is 0 Å². The molecule has 0 rings (SSSR count). The van der Waals surface area contributed by atoms with Gasteiger partial charge >= 0.3 is 0 Å². The van der Waals surface area contributed by atoms with Crippen molar-refractivity contribution in [3.05, 3.63) is 0 Å². The maximum atomic E-state index is 2.32. The summed E-state index contributed by atoms with van der Waals surface area (Å²) >= 11 is 0. The Hall–Kier alpha value is 0.700. The lowest BCUT2D eigenvalue weighted by Crippen LogP contribution is -2.21. The Kier molecular flexibility index (Phi) is 4.96. The first-order valence-electron chi connectivity index (χ1n) is 4.20. The van der Waals surface area contributed by atoms with Crippen LogP contribution in [0.1, 0.15) is 41.5 Å². The third-order valence-corrected chi connectivity index (χ3v) is 5.96. The molecule has 0 fully saturated rings. The van der Waals surface area contributed by atoms with Crippen molar-refractivity contribution in [3.63, 3.8) is 0 Å². The molecule has 0 bridgehead atoms. The summed E-state index contributed by atoms with van der Waals surface area (Å²) in [6.07, 6.45) is 0. The van der Waals surface area contributed by atoms with Gasteiger partial charge < -0.3 is 0 Å². The van der Waals surface area contributed by atoms with Crippen LogP contribution in [0.3, 0.4) is 0 Å². The molecule has 0 heterocycles. The minimum absolute atomic E-state index is 0.412. The van der Waals surface area contributed by atoms with Crippen LogP contribution >= 0.6 is 21.6 Å². The minimum Gasteiger partial charge on any atom is -0.0907 e. The van der Waals surface area contributed by atoms with Crippen LogP contribution in [0.25, 0.3) is 0 Å². The fourth-order valence-electron chi connectivity index (χ4n) is 0.316. The Morgan fingerprint density at radius 1 is 1.00 bits per heavy atom. The van der Waals surface area contributed by atoms with Gasteiger partial charge in [0.1, 0.15) is 0 Å². The Morgan fingerprint density at radius 3 is 1.73 bits per heavy atom. The second-order valence-electron chi connectivity index (χ2n) is 3.99. The quantitative estimate of drug-likeness (QED) is 0.612. The fourth-order valence-corrected chi connectivity index (χ4v) is 2.85. The van der Waals surface area contributed by atoms with E-state index in [0.717, 1.165) is 11.2 Å². The van der Waals surface area contributed by atoms with Gasteiger partial charge in [0.05, 0.1) is 0 Å². The van der Waals surface area contributed by atoms with Gasteiger partial charge in [0.25, 0.3) is 0 Å². The Labute approximate surface area is 79.3 Å². The second-order valence-corrected chi connectivity index (χ2v) is 7.42. The summed E-state index contributed by atoms with van der Waals surface area (Å²) in [6, 6.07) is 0. The molecular formula is C9H20S2. The molecule has 0 amide bonds. The standard InChI is InChI=1S/C9H20S2/c1-7(2)9(5,6)11-10-8(3)4/h7-8H,1-6H3. The molecule has 0 N–H and O–H groups in total. The molecule has 11 heavy (non-hydrogen) atoms. The zero-order valence-corrected chi connectivity index (χ0v) is 10.1. The first kappa shape index (κ1) is 11.7. The molecule has 0 saturated carbocycles. The zero-order valence-electron chi connectivity index (χ0n) is 8.47. The average molecular weight is 192 g/mol. The highest BCUT2D eigenvalue weighted by Gasteiger charge is 2.23. The van der Waals surface area contributed by atoms with Crippen LogP contribution in [0.2, 0.25) is 0 Å². The van der Waals surface area contributed by atoms with E-state index in [0.29, 0.717) is 4.75 Å². The second kappa shape index (κ2) is 4.66. The van der Waals surface area contributed by atoms with E-state index in [1.807, 2.05) is 21.6 Å². The first-order valence-corrected chi connectivity index (χ1v) is 6.42. The lowest BCUT2D eigenvalue weighted by Gasteiger charge is -2.28. The van der Waals surface area contributed by atoms with Gasteiger partial charge in [-0.1, -0.05) is 49.3 Å². The zero-order chi connectivity index (χ0) is 9.07. The molecule has 0 radical (unpaired) electrons. The summed E-state index contributed by atoms with van der Waals surface area (Å²) in [7, 11) is 3.99. The third kappa shape index (κ3) is 5.02. The minimum atomic E-state index is 0.412. The van der Waals surface area contributed by atoms with Crippen molar-refractivity contribution >= 4 is 21.6 Å². The van der Waals surface area contributed by atoms with Crippen LogP contribution in [0.15, 0.2) is 0 Å². The van der Waals surface area contributed by atoms with Gasteiger partial charge in [-0.05, 0) is 19.8 Å². The Bertz CT molecular complexity index is 106. The molecule has 0 aliphatic carbocycles. The monoisotopic (exact) mass is 192 g/mol. The highest BCUT2D eigenvalue weighted by Crippen LogP contribution is 2.42. The molecule has 0 aliphatic heterocycles. The van der Waals surface area contributed by atoms with E-state index < -0.39 is 0 Å². The van der Waals surface area contributed by atoms with E-state index in [9.17, 15) is 0 Å². The highest BCUT2D eigenvalue weighted by atomic mass is 33.1. The molecule has 0 aromatic rings. The molecule has 0 spiro atoms. The predicted molar refractivity (Wildman–Crippen MR) is 59.2 cm³/mol. The van der Waals surface area contributed by atoms with E-state index in [4.69, 9.17) is 0 Å². The number of hydrogen-bond acceptors (Lipinski definition) is 2. The van der Waals surface area contributed by atoms with E-state index >= 15 is 0 Å². The summed E-state index contributed by atoms with van der Waals surface area (Å²) < 4.78 is 0.412. The lowest BCUT2D eigenvalue weighted by atomic mass is 10.00. The maximum Gasteiger partial charge on any atom is 0.0230 e. The van der Waals surface area contributed by atoms with Crippen molar-refractivity contribution in [2.24, 2.45) is 5.92 Å². The van der Waals surface area contributed by atoms with E-state index in [-0.39, 0.29) is 0 Å². The SMILES string of the molecule is CC(C)SSC(C)(C)C(C)C. The van der Waals surface area contributed by atoms with Gasteiger partial charge in [-0.15, -0.1) is 0 Å². The van der Waals surface area contributed by atoms with Crippen molar-refractivity contribution in [1.82, 2.24) is 0 Å². The summed E-state index contributed by atoms with van der Waals surface area (Å²) in [5.41, 5.74) is 0. The smallest absolute Gasteiger partial charge is 0.0230 e. The summed E-state index contributed by atoms with van der Waals surface area (Å²) in [5.74, 6) is 0.749. The van der Waals surface area contributed by atoms with Crippen LogP contribution in [-0.4, -0.2) is 10.00 Å². The molecule has 2 heteroatoms. The Morgan fingerprint density at radius 2 is 1.45 bits per heavy atom. The van der Waals surface area contributed by atoms with Crippen molar-refractivity contribution in [3.8, 4) is 0 Å². The molecular weight excluding hydrogens is 172 g/mol. The molecule has 68 valence electrons. The summed E-state index contributed by atoms with van der Waals surface area (Å²) in [4.78, 5) is 0. The van der Waals surface area contributed by atoms with Crippen molar-refractivity contribution in [2.45, 2.75) is 51.5 Å². The first-order chi connectivity index (χ1) is 4.86. The van der Waals surface area contributed by atoms with E-state index in [1.54, 1.807) is 0 Å². The molecule has 0 atom stereocenters. The third-order valence-electron chi connectivity index (χ3n) is 1.85. The lowest BCUT2D eigenvalue weighted by molar-refractivity contribution is 0.507. The molecule has 0 unspecified atom stereocenters. The topological polar surface area (TPSA) is 0 Å². The summed E-state index contributed by atoms with van der Waals surface area (Å²) in [5, 5.41) is 0.734. The van der Waals surface area contributed by atoms with Gasteiger partial charge in [0.2, 0.25) is 0 Å². The van der Waals surface area contributed by atoms with Gasteiger partial charge in [0.15, 0.2) is 0 Å². The molecule has 0 aromatic heterocycles. The predicted octanol–water partition coefficient (Wildman–Crippen LogP) is 4.21. The molecule has 0 saturated heterocycles. The normalized spacial score (nSPS) is 13.1.